The first-order valence-electron chi connectivity index (χ1n) is 7.04. The second kappa shape index (κ2) is 5.90. The van der Waals surface area contributed by atoms with Crippen molar-refractivity contribution < 1.29 is 14.3 Å². The zero-order valence-corrected chi connectivity index (χ0v) is 12.3. The minimum absolute atomic E-state index is 0.305. The summed E-state index contributed by atoms with van der Waals surface area (Å²) in [7, 11) is 1.63. The first kappa shape index (κ1) is 14.1. The second-order valence-corrected chi connectivity index (χ2v) is 4.96. The van der Waals surface area contributed by atoms with Crippen molar-refractivity contribution in [2.45, 2.75) is 6.42 Å². The van der Waals surface area contributed by atoms with Crippen LogP contribution in [0, 0.1) is 0 Å². The van der Waals surface area contributed by atoms with Crippen LogP contribution >= 0.6 is 0 Å². The third kappa shape index (κ3) is 2.42. The van der Waals surface area contributed by atoms with E-state index in [-0.39, 0.29) is 5.97 Å². The molecule has 0 saturated carbocycles. The van der Waals surface area contributed by atoms with Gasteiger partial charge >= 0.3 is 5.97 Å². The number of allylic oxidation sites excluding steroid dienone is 2. The Morgan fingerprint density at radius 3 is 2.45 bits per heavy atom. The first-order chi connectivity index (χ1) is 10.7. The molecule has 1 aliphatic heterocycles. The number of carbonyl (C=O) groups excluding carboxylic acids is 1. The van der Waals surface area contributed by atoms with E-state index in [4.69, 9.17) is 9.47 Å². The van der Waals surface area contributed by atoms with E-state index in [0.717, 1.165) is 22.4 Å². The molecule has 0 spiro atoms. The largest absolute Gasteiger partial charge is 0.497 e. The van der Waals surface area contributed by atoms with Crippen molar-refractivity contribution in [1.29, 1.82) is 0 Å². The van der Waals surface area contributed by atoms with Gasteiger partial charge in [0.25, 0.3) is 0 Å². The van der Waals surface area contributed by atoms with Gasteiger partial charge in [-0.15, -0.1) is 6.58 Å². The number of carbonyl (C=O) groups is 1. The number of benzene rings is 2. The molecule has 0 fully saturated rings. The quantitative estimate of drug-likeness (QED) is 0.622. The van der Waals surface area contributed by atoms with Crippen LogP contribution < -0.4 is 4.74 Å². The van der Waals surface area contributed by atoms with Crippen LogP contribution in [0.1, 0.15) is 27.9 Å². The van der Waals surface area contributed by atoms with E-state index in [1.54, 1.807) is 19.3 Å². The Morgan fingerprint density at radius 1 is 1.14 bits per heavy atom. The van der Waals surface area contributed by atoms with Crippen LogP contribution in [-0.4, -0.2) is 13.1 Å². The van der Waals surface area contributed by atoms with Gasteiger partial charge in [0.05, 0.1) is 12.7 Å². The molecule has 0 radical (unpaired) electrons. The van der Waals surface area contributed by atoms with Crippen molar-refractivity contribution in [3.8, 4) is 5.75 Å². The standard InChI is InChI=1S/C19H16O3/c1-3-6-15(13-9-11-14(21-2)12-10-13)18-16-7-4-5-8-17(16)19(20)22-18/h3-5,7-12H,1,6H2,2H3/b18-15-. The fourth-order valence-corrected chi connectivity index (χ4v) is 2.56. The predicted octanol–water partition coefficient (Wildman–Crippen LogP) is 4.31. The summed E-state index contributed by atoms with van der Waals surface area (Å²) in [6, 6.07) is 15.1. The zero-order chi connectivity index (χ0) is 15.5. The van der Waals surface area contributed by atoms with Crippen molar-refractivity contribution >= 4 is 17.3 Å². The number of hydrogen-bond donors (Lipinski definition) is 0. The summed E-state index contributed by atoms with van der Waals surface area (Å²) in [5.74, 6) is 1.10. The lowest BCUT2D eigenvalue weighted by atomic mass is 9.97. The summed E-state index contributed by atoms with van der Waals surface area (Å²) in [6.07, 6.45) is 2.42. The van der Waals surface area contributed by atoms with Gasteiger partial charge in [-0.05, 0) is 30.2 Å². The number of fused-ring (bicyclic) bond motifs is 1. The van der Waals surface area contributed by atoms with Crippen LogP contribution in [0.5, 0.6) is 5.75 Å². The molecule has 3 rings (SSSR count). The summed E-state index contributed by atoms with van der Waals surface area (Å²) in [4.78, 5) is 12.0. The van der Waals surface area contributed by atoms with Crippen LogP contribution in [0.4, 0.5) is 0 Å². The lowest BCUT2D eigenvalue weighted by Crippen LogP contribution is -1.94. The lowest BCUT2D eigenvalue weighted by Gasteiger charge is -2.10. The molecule has 0 atom stereocenters. The smallest absolute Gasteiger partial charge is 0.344 e. The minimum Gasteiger partial charge on any atom is -0.497 e. The predicted molar refractivity (Wildman–Crippen MR) is 86.5 cm³/mol. The van der Waals surface area contributed by atoms with Crippen LogP contribution in [0.25, 0.3) is 11.3 Å². The molecule has 3 heteroatoms. The van der Waals surface area contributed by atoms with Crippen molar-refractivity contribution in [3.63, 3.8) is 0 Å². The highest BCUT2D eigenvalue weighted by atomic mass is 16.5. The lowest BCUT2D eigenvalue weighted by molar-refractivity contribution is 0.0716. The maximum atomic E-state index is 12.0. The molecule has 0 aliphatic carbocycles. The van der Waals surface area contributed by atoms with Crippen LogP contribution in [0.15, 0.2) is 61.2 Å². The van der Waals surface area contributed by atoms with E-state index >= 15 is 0 Å². The SMILES string of the molecule is C=CC/C(=C1/OC(=O)c2ccccc21)c1ccc(OC)cc1. The van der Waals surface area contributed by atoms with Gasteiger partial charge in [0.15, 0.2) is 0 Å². The number of methoxy groups -OCH3 is 1. The van der Waals surface area contributed by atoms with Gasteiger partial charge in [-0.25, -0.2) is 4.79 Å². The van der Waals surface area contributed by atoms with Crippen molar-refractivity contribution in [3.05, 3.63) is 77.9 Å². The number of esters is 1. The summed E-state index contributed by atoms with van der Waals surface area (Å²) >= 11 is 0. The third-order valence-corrected chi connectivity index (χ3v) is 3.65. The summed E-state index contributed by atoms with van der Waals surface area (Å²) < 4.78 is 10.7. The minimum atomic E-state index is -0.305. The Morgan fingerprint density at radius 2 is 1.82 bits per heavy atom. The maximum Gasteiger partial charge on any atom is 0.344 e. The Hall–Kier alpha value is -2.81. The fourth-order valence-electron chi connectivity index (χ4n) is 2.56. The van der Waals surface area contributed by atoms with Gasteiger partial charge in [0, 0.05) is 11.1 Å². The van der Waals surface area contributed by atoms with Crippen LogP contribution in [-0.2, 0) is 4.74 Å². The average Bonchev–Trinajstić information content (AvgIpc) is 2.90. The fraction of sp³-hybridized carbons (Fsp3) is 0.105. The van der Waals surface area contributed by atoms with Gasteiger partial charge in [-0.1, -0.05) is 36.4 Å². The molecule has 0 N–H and O–H groups in total. The second-order valence-electron chi connectivity index (χ2n) is 4.96. The highest BCUT2D eigenvalue weighted by Gasteiger charge is 2.28. The maximum absolute atomic E-state index is 12.0. The first-order valence-corrected chi connectivity index (χ1v) is 7.04. The number of cyclic esters (lactones) is 1. The number of ether oxygens (including phenoxy) is 2. The summed E-state index contributed by atoms with van der Waals surface area (Å²) in [5, 5.41) is 0. The third-order valence-electron chi connectivity index (χ3n) is 3.65. The molecule has 2 aromatic rings. The Kier molecular flexibility index (Phi) is 3.79. The average molecular weight is 292 g/mol. The van der Waals surface area contributed by atoms with Crippen molar-refractivity contribution in [1.82, 2.24) is 0 Å². The van der Waals surface area contributed by atoms with E-state index in [9.17, 15) is 4.79 Å². The highest BCUT2D eigenvalue weighted by molar-refractivity contribution is 6.08. The Balaban J connectivity index is 2.14. The van der Waals surface area contributed by atoms with Crippen LogP contribution in [0.2, 0.25) is 0 Å². The molecule has 22 heavy (non-hydrogen) atoms. The summed E-state index contributed by atoms with van der Waals surface area (Å²) in [6.45, 7) is 3.81. The summed E-state index contributed by atoms with van der Waals surface area (Å²) in [5.41, 5.74) is 3.36. The van der Waals surface area contributed by atoms with Crippen LogP contribution in [0.3, 0.4) is 0 Å². The number of hydrogen-bond acceptors (Lipinski definition) is 3. The Labute approximate surface area is 129 Å². The molecular formula is C19H16O3. The zero-order valence-electron chi connectivity index (χ0n) is 12.3. The van der Waals surface area contributed by atoms with Gasteiger partial charge < -0.3 is 9.47 Å². The van der Waals surface area contributed by atoms with Crippen molar-refractivity contribution in [2.75, 3.05) is 7.11 Å². The van der Waals surface area contributed by atoms with E-state index in [1.165, 1.54) is 0 Å². The van der Waals surface area contributed by atoms with Crippen molar-refractivity contribution in [2.24, 2.45) is 0 Å². The molecule has 0 aromatic heterocycles. The molecular weight excluding hydrogens is 276 g/mol. The van der Waals surface area contributed by atoms with Gasteiger partial charge in [0.1, 0.15) is 11.5 Å². The molecule has 0 saturated heterocycles. The van der Waals surface area contributed by atoms with Gasteiger partial charge in [-0.3, -0.25) is 0 Å². The molecule has 110 valence electrons. The van der Waals surface area contributed by atoms with Gasteiger partial charge in [-0.2, -0.15) is 0 Å². The molecule has 0 bridgehead atoms. The van der Waals surface area contributed by atoms with Gasteiger partial charge in [0.2, 0.25) is 0 Å². The molecule has 1 aliphatic rings. The molecule has 2 aromatic carbocycles. The topological polar surface area (TPSA) is 35.5 Å². The number of rotatable bonds is 4. The van der Waals surface area contributed by atoms with E-state index in [0.29, 0.717) is 17.7 Å². The molecule has 1 heterocycles. The Bertz CT molecular complexity index is 755. The van der Waals surface area contributed by atoms with E-state index in [1.807, 2.05) is 42.5 Å². The van der Waals surface area contributed by atoms with E-state index in [2.05, 4.69) is 6.58 Å². The molecule has 0 amide bonds. The van der Waals surface area contributed by atoms with E-state index < -0.39 is 0 Å². The monoisotopic (exact) mass is 292 g/mol. The molecule has 0 unspecified atom stereocenters. The highest BCUT2D eigenvalue weighted by Crippen LogP contribution is 2.37. The normalized spacial score (nSPS) is 15.0. The molecule has 3 nitrogen and oxygen atoms in total.